The summed E-state index contributed by atoms with van der Waals surface area (Å²) >= 11 is 0. The molecule has 0 atom stereocenters. The number of hydrogen-bond donors (Lipinski definition) is 0. The van der Waals surface area contributed by atoms with Crippen LogP contribution in [0.2, 0.25) is 0 Å². The van der Waals surface area contributed by atoms with Gasteiger partial charge < -0.3 is 4.90 Å². The van der Waals surface area contributed by atoms with Gasteiger partial charge in [0.2, 0.25) is 5.91 Å². The van der Waals surface area contributed by atoms with Gasteiger partial charge in [-0.2, -0.15) is 0 Å². The second-order valence-corrected chi connectivity index (χ2v) is 8.16. The lowest BCUT2D eigenvalue weighted by Gasteiger charge is -2.31. The number of carbonyl (C=O) groups excluding carboxylic acids is 1. The van der Waals surface area contributed by atoms with Crippen molar-refractivity contribution in [1.82, 2.24) is 24.1 Å². The third-order valence-electron chi connectivity index (χ3n) is 6.19. The Labute approximate surface area is 163 Å². The van der Waals surface area contributed by atoms with Crippen molar-refractivity contribution in [3.8, 4) is 0 Å². The van der Waals surface area contributed by atoms with Gasteiger partial charge in [-0.3, -0.25) is 4.79 Å². The molecule has 0 saturated heterocycles. The highest BCUT2D eigenvalue weighted by molar-refractivity contribution is 5.91. The Bertz CT molecular complexity index is 1110. The summed E-state index contributed by atoms with van der Waals surface area (Å²) in [4.78, 5) is 32.5. The molecule has 0 aliphatic heterocycles. The Morgan fingerprint density at radius 3 is 2.64 bits per heavy atom. The van der Waals surface area contributed by atoms with Crippen LogP contribution in [0.25, 0.3) is 16.6 Å². The van der Waals surface area contributed by atoms with Crippen LogP contribution in [0.5, 0.6) is 0 Å². The van der Waals surface area contributed by atoms with Gasteiger partial charge in [0, 0.05) is 24.4 Å². The topological polar surface area (TPSA) is 72.5 Å². The first-order valence-electron chi connectivity index (χ1n) is 10.3. The largest absolute Gasteiger partial charge is 0.352 e. The van der Waals surface area contributed by atoms with Crippen molar-refractivity contribution >= 4 is 22.5 Å². The van der Waals surface area contributed by atoms with E-state index in [1.807, 2.05) is 36.2 Å². The maximum atomic E-state index is 13.1. The maximum Gasteiger partial charge on any atom is 0.352 e. The molecule has 0 unspecified atom stereocenters. The zero-order valence-electron chi connectivity index (χ0n) is 16.2. The number of rotatable bonds is 4. The molecular formula is C21H25N5O2. The number of hydrogen-bond acceptors (Lipinski definition) is 4. The highest BCUT2D eigenvalue weighted by Gasteiger charge is 2.31. The van der Waals surface area contributed by atoms with Crippen molar-refractivity contribution in [3.63, 3.8) is 0 Å². The molecule has 2 saturated carbocycles. The van der Waals surface area contributed by atoms with Crippen molar-refractivity contribution < 1.29 is 4.79 Å². The van der Waals surface area contributed by atoms with Gasteiger partial charge in [-0.1, -0.05) is 31.4 Å². The number of carbonyl (C=O) groups is 1. The lowest BCUT2D eigenvalue weighted by molar-refractivity contribution is -0.133. The molecule has 3 aromatic rings. The molecule has 0 bridgehead atoms. The Hall–Kier alpha value is -2.70. The van der Waals surface area contributed by atoms with Gasteiger partial charge in [0.25, 0.3) is 0 Å². The SMILES string of the molecule is CN(C(=O)Cn1nc2c3ccccc3nc(C3CC3)n2c1=O)C1CCCCC1. The number of aromatic nitrogens is 4. The summed E-state index contributed by atoms with van der Waals surface area (Å²) < 4.78 is 2.94. The van der Waals surface area contributed by atoms with E-state index in [0.717, 1.165) is 42.4 Å². The molecule has 5 rings (SSSR count). The highest BCUT2D eigenvalue weighted by Crippen LogP contribution is 2.39. The van der Waals surface area contributed by atoms with Crippen molar-refractivity contribution in [2.24, 2.45) is 0 Å². The molecule has 1 amide bonds. The Morgan fingerprint density at radius 1 is 1.14 bits per heavy atom. The van der Waals surface area contributed by atoms with Crippen molar-refractivity contribution in [3.05, 3.63) is 40.6 Å². The molecule has 2 aliphatic rings. The molecule has 0 spiro atoms. The third kappa shape index (κ3) is 2.89. The van der Waals surface area contributed by atoms with Crippen molar-refractivity contribution in [2.75, 3.05) is 7.05 Å². The van der Waals surface area contributed by atoms with E-state index in [1.54, 1.807) is 4.40 Å². The van der Waals surface area contributed by atoms with E-state index in [2.05, 4.69) is 5.10 Å². The van der Waals surface area contributed by atoms with E-state index in [0.29, 0.717) is 11.6 Å². The summed E-state index contributed by atoms with van der Waals surface area (Å²) in [5, 5.41) is 5.40. The van der Waals surface area contributed by atoms with Crippen LogP contribution < -0.4 is 5.69 Å². The second kappa shape index (κ2) is 6.72. The number of nitrogens with zero attached hydrogens (tertiary/aromatic N) is 5. The first-order chi connectivity index (χ1) is 13.6. The number of para-hydroxylation sites is 1. The van der Waals surface area contributed by atoms with Crippen molar-refractivity contribution in [1.29, 1.82) is 0 Å². The fraction of sp³-hybridized carbons (Fsp3) is 0.524. The molecule has 2 fully saturated rings. The quantitative estimate of drug-likeness (QED) is 0.699. The van der Waals surface area contributed by atoms with E-state index in [9.17, 15) is 9.59 Å². The fourth-order valence-corrected chi connectivity index (χ4v) is 4.35. The van der Waals surface area contributed by atoms with Gasteiger partial charge >= 0.3 is 5.69 Å². The van der Waals surface area contributed by atoms with E-state index < -0.39 is 0 Å². The predicted molar refractivity (Wildman–Crippen MR) is 106 cm³/mol. The van der Waals surface area contributed by atoms with Gasteiger partial charge in [0.05, 0.1) is 5.52 Å². The Balaban J connectivity index is 1.54. The van der Waals surface area contributed by atoms with Crippen LogP contribution in [-0.2, 0) is 11.3 Å². The number of likely N-dealkylation sites (N-methyl/N-ethyl adjacent to an activating group) is 1. The van der Waals surface area contributed by atoms with Gasteiger partial charge in [-0.15, -0.1) is 5.10 Å². The molecule has 1 aromatic carbocycles. The summed E-state index contributed by atoms with van der Waals surface area (Å²) in [5.41, 5.74) is 1.19. The van der Waals surface area contributed by atoms with E-state index >= 15 is 0 Å². The van der Waals surface area contributed by atoms with Gasteiger partial charge in [0.1, 0.15) is 12.4 Å². The van der Waals surface area contributed by atoms with Gasteiger partial charge in [-0.05, 0) is 37.8 Å². The van der Waals surface area contributed by atoms with Crippen LogP contribution in [0.3, 0.4) is 0 Å². The molecule has 146 valence electrons. The van der Waals surface area contributed by atoms with Crippen LogP contribution in [-0.4, -0.2) is 43.1 Å². The zero-order valence-corrected chi connectivity index (χ0v) is 16.2. The molecule has 2 heterocycles. The lowest BCUT2D eigenvalue weighted by Crippen LogP contribution is -2.41. The molecule has 7 nitrogen and oxygen atoms in total. The number of amides is 1. The second-order valence-electron chi connectivity index (χ2n) is 8.16. The normalized spacial score (nSPS) is 18.0. The van der Waals surface area contributed by atoms with E-state index in [4.69, 9.17) is 4.98 Å². The molecule has 2 aliphatic carbocycles. The lowest BCUT2D eigenvalue weighted by atomic mass is 9.94. The number of fused-ring (bicyclic) bond motifs is 3. The standard InChI is InChI=1S/C21H25N5O2/c1-24(15-7-3-2-4-8-15)18(27)13-25-21(28)26-19(14-11-12-14)22-17-10-6-5-9-16(17)20(26)23-25/h5-6,9-10,14-15H,2-4,7-8,11-13H2,1H3. The first-order valence-corrected chi connectivity index (χ1v) is 10.3. The monoisotopic (exact) mass is 379 g/mol. The average molecular weight is 379 g/mol. The van der Waals surface area contributed by atoms with E-state index in [-0.39, 0.29) is 24.2 Å². The van der Waals surface area contributed by atoms with Crippen LogP contribution in [0, 0.1) is 0 Å². The Morgan fingerprint density at radius 2 is 1.89 bits per heavy atom. The first kappa shape index (κ1) is 17.4. The van der Waals surface area contributed by atoms with Gasteiger partial charge in [0.15, 0.2) is 5.65 Å². The smallest absolute Gasteiger partial charge is 0.341 e. The van der Waals surface area contributed by atoms with Crippen LogP contribution >= 0.6 is 0 Å². The summed E-state index contributed by atoms with van der Waals surface area (Å²) in [6.07, 6.45) is 7.75. The predicted octanol–water partition coefficient (Wildman–Crippen LogP) is 2.71. The molecule has 7 heteroatoms. The van der Waals surface area contributed by atoms with Crippen molar-refractivity contribution in [2.45, 2.75) is 63.5 Å². The van der Waals surface area contributed by atoms with Crippen LogP contribution in [0.1, 0.15) is 56.7 Å². The summed E-state index contributed by atoms with van der Waals surface area (Å²) in [7, 11) is 1.85. The zero-order chi connectivity index (χ0) is 19.3. The fourth-order valence-electron chi connectivity index (χ4n) is 4.35. The minimum Gasteiger partial charge on any atom is -0.341 e. The van der Waals surface area contributed by atoms with Crippen LogP contribution in [0.4, 0.5) is 0 Å². The molecule has 28 heavy (non-hydrogen) atoms. The molecule has 0 radical (unpaired) electrons. The van der Waals surface area contributed by atoms with Gasteiger partial charge in [-0.25, -0.2) is 18.9 Å². The molecular weight excluding hydrogens is 354 g/mol. The summed E-state index contributed by atoms with van der Waals surface area (Å²) in [5.74, 6) is 1.03. The highest BCUT2D eigenvalue weighted by atomic mass is 16.2. The average Bonchev–Trinajstić information content (AvgIpc) is 3.52. The maximum absolute atomic E-state index is 13.1. The third-order valence-corrected chi connectivity index (χ3v) is 6.19. The van der Waals surface area contributed by atoms with E-state index in [1.165, 1.54) is 23.9 Å². The molecule has 0 N–H and O–H groups in total. The molecule has 2 aromatic heterocycles. The summed E-state index contributed by atoms with van der Waals surface area (Å²) in [6, 6.07) is 8.03. The summed E-state index contributed by atoms with van der Waals surface area (Å²) in [6.45, 7) is -0.0219. The Kier molecular flexibility index (Phi) is 4.18. The minimum atomic E-state index is -0.263. The number of benzene rings is 1. The van der Waals surface area contributed by atoms with Crippen LogP contribution in [0.15, 0.2) is 29.1 Å². The minimum absolute atomic E-state index is 0.0219.